The molecule has 2 N–H and O–H groups in total. The van der Waals surface area contributed by atoms with Crippen LogP contribution < -0.4 is 5.73 Å². The van der Waals surface area contributed by atoms with Gasteiger partial charge in [-0.05, 0) is 6.92 Å². The first kappa shape index (κ1) is 11.2. The first-order chi connectivity index (χ1) is 7.22. The van der Waals surface area contributed by atoms with Gasteiger partial charge in [-0.3, -0.25) is 4.79 Å². The minimum atomic E-state index is -0.245. The van der Waals surface area contributed by atoms with Gasteiger partial charge in [0.2, 0.25) is 5.95 Å². The van der Waals surface area contributed by atoms with Gasteiger partial charge >= 0.3 is 5.97 Å². The van der Waals surface area contributed by atoms with Gasteiger partial charge in [0.15, 0.2) is 0 Å². The Labute approximate surface area is 88.0 Å². The van der Waals surface area contributed by atoms with Crippen molar-refractivity contribution in [2.24, 2.45) is 0 Å². The Morgan fingerprint density at radius 2 is 2.20 bits per heavy atom. The van der Waals surface area contributed by atoms with Crippen molar-refractivity contribution in [3.63, 3.8) is 0 Å². The van der Waals surface area contributed by atoms with Crippen molar-refractivity contribution in [1.82, 2.24) is 9.97 Å². The number of esters is 1. The second kappa shape index (κ2) is 5.74. The molecule has 0 aliphatic heterocycles. The van der Waals surface area contributed by atoms with Crippen LogP contribution in [0.15, 0.2) is 18.5 Å². The molecule has 0 unspecified atom stereocenters. The minimum absolute atomic E-state index is 0.234. The summed E-state index contributed by atoms with van der Waals surface area (Å²) in [6.07, 6.45) is 6.87. The lowest BCUT2D eigenvalue weighted by atomic mass is 10.3. The van der Waals surface area contributed by atoms with Gasteiger partial charge < -0.3 is 10.5 Å². The molecule has 1 heterocycles. The molecular formula is C10H13N3O2. The Hall–Kier alpha value is -1.91. The zero-order valence-electron chi connectivity index (χ0n) is 8.51. The van der Waals surface area contributed by atoms with Crippen LogP contribution in [-0.2, 0) is 9.53 Å². The van der Waals surface area contributed by atoms with Crippen LogP contribution >= 0.6 is 0 Å². The molecule has 1 rings (SSSR count). The molecule has 0 bridgehead atoms. The van der Waals surface area contributed by atoms with Crippen molar-refractivity contribution in [2.75, 3.05) is 12.3 Å². The predicted molar refractivity (Wildman–Crippen MR) is 56.7 cm³/mol. The lowest BCUT2D eigenvalue weighted by Crippen LogP contribution is -2.01. The van der Waals surface area contributed by atoms with Crippen molar-refractivity contribution >= 4 is 18.0 Å². The number of aromatic nitrogens is 2. The molecule has 5 nitrogen and oxygen atoms in total. The van der Waals surface area contributed by atoms with Crippen LogP contribution in [0.3, 0.4) is 0 Å². The fraction of sp³-hybridized carbons (Fsp3) is 0.300. The van der Waals surface area contributed by atoms with E-state index in [0.29, 0.717) is 6.61 Å². The van der Waals surface area contributed by atoms with E-state index in [0.717, 1.165) is 5.56 Å². The van der Waals surface area contributed by atoms with Gasteiger partial charge in [-0.25, -0.2) is 9.97 Å². The minimum Gasteiger partial charge on any atom is -0.466 e. The van der Waals surface area contributed by atoms with Crippen LogP contribution in [0.1, 0.15) is 18.9 Å². The molecule has 0 saturated carbocycles. The molecule has 0 aliphatic carbocycles. The van der Waals surface area contributed by atoms with Crippen LogP contribution in [0.4, 0.5) is 5.95 Å². The molecular weight excluding hydrogens is 194 g/mol. The first-order valence-electron chi connectivity index (χ1n) is 4.62. The Morgan fingerprint density at radius 3 is 2.80 bits per heavy atom. The molecule has 0 aliphatic rings. The second-order valence-corrected chi connectivity index (χ2v) is 2.79. The van der Waals surface area contributed by atoms with E-state index in [1.807, 2.05) is 0 Å². The van der Waals surface area contributed by atoms with E-state index in [1.54, 1.807) is 31.5 Å². The summed E-state index contributed by atoms with van der Waals surface area (Å²) >= 11 is 0. The number of rotatable bonds is 4. The molecule has 0 spiro atoms. The molecule has 80 valence electrons. The van der Waals surface area contributed by atoms with E-state index in [1.165, 1.54) is 0 Å². The molecule has 0 radical (unpaired) electrons. The zero-order chi connectivity index (χ0) is 11.1. The Kier molecular flexibility index (Phi) is 4.28. The van der Waals surface area contributed by atoms with E-state index in [4.69, 9.17) is 10.5 Å². The maximum atomic E-state index is 11.0. The highest BCUT2D eigenvalue weighted by atomic mass is 16.5. The third-order valence-corrected chi connectivity index (χ3v) is 1.59. The van der Waals surface area contributed by atoms with E-state index < -0.39 is 0 Å². The number of carbonyl (C=O) groups is 1. The normalized spacial score (nSPS) is 10.5. The van der Waals surface area contributed by atoms with E-state index in [9.17, 15) is 4.79 Å². The van der Waals surface area contributed by atoms with Gasteiger partial charge in [0.05, 0.1) is 13.0 Å². The van der Waals surface area contributed by atoms with E-state index >= 15 is 0 Å². The highest BCUT2D eigenvalue weighted by Crippen LogP contribution is 2.01. The SMILES string of the molecule is CCOC(=O)CC=Cc1cnc(N)nc1. The third-order valence-electron chi connectivity index (χ3n) is 1.59. The molecule has 0 atom stereocenters. The van der Waals surface area contributed by atoms with Crippen LogP contribution in [0, 0.1) is 0 Å². The van der Waals surface area contributed by atoms with Gasteiger partial charge in [-0.2, -0.15) is 0 Å². The second-order valence-electron chi connectivity index (χ2n) is 2.79. The van der Waals surface area contributed by atoms with Crippen molar-refractivity contribution in [3.05, 3.63) is 24.0 Å². The van der Waals surface area contributed by atoms with Gasteiger partial charge in [0.25, 0.3) is 0 Å². The number of nitrogens with zero attached hydrogens (tertiary/aromatic N) is 2. The molecule has 0 aromatic carbocycles. The maximum Gasteiger partial charge on any atom is 0.309 e. The summed E-state index contributed by atoms with van der Waals surface area (Å²) in [5.74, 6) is -0.0114. The zero-order valence-corrected chi connectivity index (χ0v) is 8.51. The molecule has 1 aromatic heterocycles. The average molecular weight is 207 g/mol. The average Bonchev–Trinajstić information content (AvgIpc) is 2.21. The summed E-state index contributed by atoms with van der Waals surface area (Å²) in [6.45, 7) is 2.17. The number of hydrogen-bond acceptors (Lipinski definition) is 5. The molecule has 0 amide bonds. The monoisotopic (exact) mass is 207 g/mol. The van der Waals surface area contributed by atoms with E-state index in [-0.39, 0.29) is 18.3 Å². The third kappa shape index (κ3) is 4.21. The number of hydrogen-bond donors (Lipinski definition) is 1. The summed E-state index contributed by atoms with van der Waals surface area (Å²) in [4.78, 5) is 18.6. The lowest BCUT2D eigenvalue weighted by molar-refractivity contribution is -0.142. The topological polar surface area (TPSA) is 78.1 Å². The molecule has 5 heteroatoms. The Bertz CT molecular complexity index is 346. The smallest absolute Gasteiger partial charge is 0.309 e. The van der Waals surface area contributed by atoms with Gasteiger partial charge in [0, 0.05) is 18.0 Å². The van der Waals surface area contributed by atoms with Crippen molar-refractivity contribution < 1.29 is 9.53 Å². The summed E-state index contributed by atoms with van der Waals surface area (Å²) in [6, 6.07) is 0. The summed E-state index contributed by atoms with van der Waals surface area (Å²) in [5, 5.41) is 0. The molecule has 0 saturated heterocycles. The highest BCUT2D eigenvalue weighted by molar-refractivity contribution is 5.72. The predicted octanol–water partition coefficient (Wildman–Crippen LogP) is 1.03. The fourth-order valence-corrected chi connectivity index (χ4v) is 0.945. The fourth-order valence-electron chi connectivity index (χ4n) is 0.945. The van der Waals surface area contributed by atoms with Crippen LogP contribution in [0.5, 0.6) is 0 Å². The number of carbonyl (C=O) groups excluding carboxylic acids is 1. The molecule has 0 fully saturated rings. The van der Waals surface area contributed by atoms with Gasteiger partial charge in [0.1, 0.15) is 0 Å². The lowest BCUT2D eigenvalue weighted by Gasteiger charge is -1.96. The van der Waals surface area contributed by atoms with Crippen LogP contribution in [0.25, 0.3) is 6.08 Å². The van der Waals surface area contributed by atoms with Crippen molar-refractivity contribution in [3.8, 4) is 0 Å². The summed E-state index contributed by atoms with van der Waals surface area (Å²) in [7, 11) is 0. The summed E-state index contributed by atoms with van der Waals surface area (Å²) in [5.41, 5.74) is 6.12. The summed E-state index contributed by atoms with van der Waals surface area (Å²) < 4.78 is 4.76. The van der Waals surface area contributed by atoms with Crippen LogP contribution in [0.2, 0.25) is 0 Å². The Morgan fingerprint density at radius 1 is 1.53 bits per heavy atom. The van der Waals surface area contributed by atoms with Crippen LogP contribution in [-0.4, -0.2) is 22.5 Å². The number of nitrogens with two attached hydrogens (primary N) is 1. The van der Waals surface area contributed by atoms with E-state index in [2.05, 4.69) is 9.97 Å². The van der Waals surface area contributed by atoms with Gasteiger partial charge in [-0.15, -0.1) is 0 Å². The molecule has 15 heavy (non-hydrogen) atoms. The number of nitrogen functional groups attached to an aromatic ring is 1. The van der Waals surface area contributed by atoms with Crippen molar-refractivity contribution in [2.45, 2.75) is 13.3 Å². The molecule has 1 aromatic rings. The maximum absolute atomic E-state index is 11.0. The standard InChI is InChI=1S/C10H13N3O2/c1-2-15-9(14)5-3-4-8-6-12-10(11)13-7-8/h3-4,6-7H,2,5H2,1H3,(H2,11,12,13). The number of anilines is 1. The largest absolute Gasteiger partial charge is 0.466 e. The Balaban J connectivity index is 2.44. The van der Waals surface area contributed by atoms with Gasteiger partial charge in [-0.1, -0.05) is 12.2 Å². The quantitative estimate of drug-likeness (QED) is 0.746. The highest BCUT2D eigenvalue weighted by Gasteiger charge is 1.96. The first-order valence-corrected chi connectivity index (χ1v) is 4.62. The number of ether oxygens (including phenoxy) is 1. The van der Waals surface area contributed by atoms with Crippen molar-refractivity contribution in [1.29, 1.82) is 0 Å².